The molecule has 0 heterocycles. The zero-order valence-electron chi connectivity index (χ0n) is 16.6. The van der Waals surface area contributed by atoms with Gasteiger partial charge in [0.2, 0.25) is 5.78 Å². The topological polar surface area (TPSA) is 118 Å². The van der Waals surface area contributed by atoms with Gasteiger partial charge < -0.3 is 14.9 Å². The lowest BCUT2D eigenvalue weighted by atomic mass is 9.89. The van der Waals surface area contributed by atoms with Crippen molar-refractivity contribution in [3.8, 4) is 0 Å². The summed E-state index contributed by atoms with van der Waals surface area (Å²) in [6.45, 7) is 3.07. The number of carbonyl (C=O) groups excluding carboxylic acids is 2. The highest BCUT2D eigenvalue weighted by molar-refractivity contribution is 6.15. The summed E-state index contributed by atoms with van der Waals surface area (Å²) in [4.78, 5) is 47.2. The van der Waals surface area contributed by atoms with Crippen molar-refractivity contribution in [3.05, 3.63) is 76.6 Å². The minimum absolute atomic E-state index is 0.0203. The second-order valence-electron chi connectivity index (χ2n) is 6.90. The molecular formula is C23H22O7. The molecule has 30 heavy (non-hydrogen) atoms. The molecule has 0 aromatic heterocycles. The standard InChI is InChI=1S/C23H22O7/c1-14(2)3-7-16-10-11-18(22(21(16)27)30-13-20(25)26)19(24)12-6-15-4-8-17(9-5-15)23(28)29/h3-6,8-12,16H,7,13H2,1-2H3,(H,25,26)(H,28,29). The number of ketones is 2. The van der Waals surface area contributed by atoms with Gasteiger partial charge in [0, 0.05) is 5.92 Å². The number of rotatable bonds is 9. The molecule has 0 aliphatic heterocycles. The van der Waals surface area contributed by atoms with E-state index in [0.29, 0.717) is 12.0 Å². The third-order valence-electron chi connectivity index (χ3n) is 4.27. The van der Waals surface area contributed by atoms with Gasteiger partial charge in [0.1, 0.15) is 0 Å². The van der Waals surface area contributed by atoms with Crippen molar-refractivity contribution < 1.29 is 34.1 Å². The first-order valence-electron chi connectivity index (χ1n) is 9.19. The number of benzene rings is 1. The van der Waals surface area contributed by atoms with Crippen LogP contribution in [0.15, 0.2) is 65.5 Å². The summed E-state index contributed by atoms with van der Waals surface area (Å²) in [5.41, 5.74) is 1.73. The van der Waals surface area contributed by atoms with Crippen molar-refractivity contribution in [1.82, 2.24) is 0 Å². The van der Waals surface area contributed by atoms with E-state index in [0.717, 1.165) is 5.57 Å². The van der Waals surface area contributed by atoms with Crippen LogP contribution in [0.1, 0.15) is 36.2 Å². The number of carboxylic acid groups (broad SMARTS) is 2. The van der Waals surface area contributed by atoms with E-state index < -0.39 is 36.0 Å². The number of allylic oxidation sites excluding steroid dienone is 7. The molecule has 2 N–H and O–H groups in total. The van der Waals surface area contributed by atoms with E-state index in [9.17, 15) is 19.2 Å². The van der Waals surface area contributed by atoms with Crippen LogP contribution in [-0.2, 0) is 19.1 Å². The Morgan fingerprint density at radius 1 is 1.10 bits per heavy atom. The van der Waals surface area contributed by atoms with Crippen molar-refractivity contribution in [3.63, 3.8) is 0 Å². The third-order valence-corrected chi connectivity index (χ3v) is 4.27. The van der Waals surface area contributed by atoms with Crippen LogP contribution in [0.3, 0.4) is 0 Å². The predicted molar refractivity (Wildman–Crippen MR) is 110 cm³/mol. The van der Waals surface area contributed by atoms with Gasteiger partial charge in [-0.05, 0) is 44.0 Å². The molecule has 0 saturated carbocycles. The van der Waals surface area contributed by atoms with Crippen LogP contribution in [-0.4, -0.2) is 40.3 Å². The minimum atomic E-state index is -1.26. The number of Topliss-reactive ketones (excluding diaryl/α,β-unsaturated/α-hetero) is 1. The fourth-order valence-corrected chi connectivity index (χ4v) is 2.70. The molecule has 0 bridgehead atoms. The molecule has 2 rings (SSSR count). The molecule has 7 nitrogen and oxygen atoms in total. The summed E-state index contributed by atoms with van der Waals surface area (Å²) >= 11 is 0. The van der Waals surface area contributed by atoms with Crippen molar-refractivity contribution in [2.75, 3.05) is 6.61 Å². The molecule has 0 amide bonds. The van der Waals surface area contributed by atoms with Crippen LogP contribution in [0.25, 0.3) is 6.08 Å². The molecule has 7 heteroatoms. The average molecular weight is 410 g/mol. The molecule has 0 spiro atoms. The summed E-state index contributed by atoms with van der Waals surface area (Å²) in [7, 11) is 0. The number of aliphatic carboxylic acids is 1. The summed E-state index contributed by atoms with van der Waals surface area (Å²) in [6, 6.07) is 5.90. The number of aromatic carboxylic acids is 1. The Bertz CT molecular complexity index is 971. The van der Waals surface area contributed by atoms with E-state index in [1.807, 2.05) is 19.9 Å². The van der Waals surface area contributed by atoms with Crippen LogP contribution in [0.2, 0.25) is 0 Å². The van der Waals surface area contributed by atoms with Crippen molar-refractivity contribution in [2.24, 2.45) is 5.92 Å². The molecule has 0 radical (unpaired) electrons. The quantitative estimate of drug-likeness (QED) is 0.473. The van der Waals surface area contributed by atoms with Gasteiger partial charge in [0.05, 0.1) is 11.1 Å². The molecule has 0 fully saturated rings. The van der Waals surface area contributed by atoms with E-state index in [4.69, 9.17) is 14.9 Å². The maximum atomic E-state index is 12.8. The second kappa shape index (κ2) is 10.2. The molecular weight excluding hydrogens is 388 g/mol. The Balaban J connectivity index is 2.26. The average Bonchev–Trinajstić information content (AvgIpc) is 2.70. The summed E-state index contributed by atoms with van der Waals surface area (Å²) in [5.74, 6) is -4.08. The number of hydrogen-bond donors (Lipinski definition) is 2. The monoisotopic (exact) mass is 410 g/mol. The van der Waals surface area contributed by atoms with Crippen LogP contribution in [0.4, 0.5) is 0 Å². The highest BCUT2D eigenvalue weighted by Gasteiger charge is 2.29. The van der Waals surface area contributed by atoms with E-state index in [-0.39, 0.29) is 16.9 Å². The number of hydrogen-bond acceptors (Lipinski definition) is 5. The Hall–Kier alpha value is -3.74. The molecule has 1 aliphatic rings. The van der Waals surface area contributed by atoms with Crippen molar-refractivity contribution in [2.45, 2.75) is 20.3 Å². The third kappa shape index (κ3) is 6.13. The van der Waals surface area contributed by atoms with E-state index in [1.165, 1.54) is 30.4 Å². The maximum Gasteiger partial charge on any atom is 0.341 e. The number of carbonyl (C=O) groups is 4. The smallest absolute Gasteiger partial charge is 0.341 e. The summed E-state index contributed by atoms with van der Waals surface area (Å²) in [5, 5.41) is 17.8. The maximum absolute atomic E-state index is 12.8. The highest BCUT2D eigenvalue weighted by atomic mass is 16.5. The van der Waals surface area contributed by atoms with Gasteiger partial charge in [-0.25, -0.2) is 9.59 Å². The first-order valence-corrected chi connectivity index (χ1v) is 9.19. The Kier molecular flexibility index (Phi) is 7.63. The molecule has 1 aromatic rings. The number of ether oxygens (including phenoxy) is 1. The minimum Gasteiger partial charge on any atom is -0.479 e. The number of carboxylic acids is 2. The Morgan fingerprint density at radius 2 is 1.77 bits per heavy atom. The second-order valence-corrected chi connectivity index (χ2v) is 6.90. The highest BCUT2D eigenvalue weighted by Crippen LogP contribution is 2.25. The van der Waals surface area contributed by atoms with Crippen LogP contribution in [0, 0.1) is 5.92 Å². The van der Waals surface area contributed by atoms with E-state index in [1.54, 1.807) is 18.2 Å². The summed E-state index contributed by atoms with van der Waals surface area (Å²) in [6.07, 6.45) is 8.09. The fourth-order valence-electron chi connectivity index (χ4n) is 2.70. The first-order chi connectivity index (χ1) is 14.2. The fraction of sp³-hybridized carbons (Fsp3) is 0.217. The molecule has 1 aliphatic carbocycles. The largest absolute Gasteiger partial charge is 0.479 e. The van der Waals surface area contributed by atoms with Crippen LogP contribution >= 0.6 is 0 Å². The predicted octanol–water partition coefficient (Wildman–Crippen LogP) is 3.43. The van der Waals surface area contributed by atoms with Gasteiger partial charge >= 0.3 is 11.9 Å². The zero-order valence-corrected chi connectivity index (χ0v) is 16.6. The molecule has 0 saturated heterocycles. The van der Waals surface area contributed by atoms with Crippen LogP contribution in [0.5, 0.6) is 0 Å². The van der Waals surface area contributed by atoms with Gasteiger partial charge in [0.15, 0.2) is 18.1 Å². The molecule has 1 unspecified atom stereocenters. The molecule has 156 valence electrons. The lowest BCUT2D eigenvalue weighted by Crippen LogP contribution is -2.24. The molecule has 1 atom stereocenters. The lowest BCUT2D eigenvalue weighted by molar-refractivity contribution is -0.141. The first kappa shape index (κ1) is 22.5. The Morgan fingerprint density at radius 3 is 2.33 bits per heavy atom. The molecule has 1 aromatic carbocycles. The summed E-state index contributed by atoms with van der Waals surface area (Å²) < 4.78 is 5.16. The Labute approximate surface area is 173 Å². The van der Waals surface area contributed by atoms with Gasteiger partial charge in [0.25, 0.3) is 0 Å². The van der Waals surface area contributed by atoms with Gasteiger partial charge in [-0.3, -0.25) is 9.59 Å². The van der Waals surface area contributed by atoms with Gasteiger partial charge in [-0.1, -0.05) is 42.0 Å². The van der Waals surface area contributed by atoms with E-state index >= 15 is 0 Å². The SMILES string of the molecule is CC(C)=CCC1C=CC(C(=O)C=Cc2ccc(C(=O)O)cc2)=C(OCC(=O)O)C1=O. The van der Waals surface area contributed by atoms with Crippen LogP contribution < -0.4 is 0 Å². The lowest BCUT2D eigenvalue weighted by Gasteiger charge is -2.19. The van der Waals surface area contributed by atoms with Gasteiger partial charge in [-0.2, -0.15) is 0 Å². The van der Waals surface area contributed by atoms with Crippen molar-refractivity contribution >= 4 is 29.6 Å². The van der Waals surface area contributed by atoms with Crippen molar-refractivity contribution in [1.29, 1.82) is 0 Å². The van der Waals surface area contributed by atoms with Gasteiger partial charge in [-0.15, -0.1) is 0 Å². The van der Waals surface area contributed by atoms with E-state index in [2.05, 4.69) is 0 Å². The zero-order chi connectivity index (χ0) is 22.3. The normalized spacial score (nSPS) is 15.9.